The van der Waals surface area contributed by atoms with Crippen LogP contribution in [0.5, 0.6) is 0 Å². The lowest BCUT2D eigenvalue weighted by Crippen LogP contribution is -2.39. The molecule has 0 heterocycles. The Hall–Kier alpha value is -3.36. The SMILES string of the molecule is C=CCOC(=O)CN(CCOC(=O)CCCCCCC)C(=O)c1ccc(CNC(=O)OC(C)(C)C)cc1. The molecule has 1 N–H and O–H groups in total. The van der Waals surface area contributed by atoms with Crippen LogP contribution in [0.2, 0.25) is 0 Å². The zero-order chi connectivity index (χ0) is 27.7. The van der Waals surface area contributed by atoms with Crippen molar-refractivity contribution in [2.75, 3.05) is 26.3 Å². The van der Waals surface area contributed by atoms with Crippen LogP contribution in [-0.2, 0) is 30.3 Å². The average molecular weight is 519 g/mol. The molecule has 1 aromatic carbocycles. The third-order valence-electron chi connectivity index (χ3n) is 5.11. The van der Waals surface area contributed by atoms with Crippen LogP contribution < -0.4 is 5.32 Å². The lowest BCUT2D eigenvalue weighted by atomic mass is 10.1. The number of benzene rings is 1. The predicted octanol–water partition coefficient (Wildman–Crippen LogP) is 4.79. The van der Waals surface area contributed by atoms with E-state index in [1.54, 1.807) is 45.0 Å². The summed E-state index contributed by atoms with van der Waals surface area (Å²) in [4.78, 5) is 50.4. The van der Waals surface area contributed by atoms with Crippen molar-refractivity contribution in [3.63, 3.8) is 0 Å². The normalized spacial score (nSPS) is 10.8. The topological polar surface area (TPSA) is 111 Å². The maximum Gasteiger partial charge on any atom is 0.407 e. The maximum atomic E-state index is 13.1. The van der Waals surface area contributed by atoms with Gasteiger partial charge in [-0.15, -0.1) is 0 Å². The minimum atomic E-state index is -0.598. The third-order valence-corrected chi connectivity index (χ3v) is 5.11. The molecule has 0 atom stereocenters. The number of carbonyl (C=O) groups excluding carboxylic acids is 4. The van der Waals surface area contributed by atoms with E-state index >= 15 is 0 Å². The Bertz CT molecular complexity index is 876. The quantitative estimate of drug-likeness (QED) is 0.145. The molecule has 2 amide bonds. The minimum absolute atomic E-state index is 0.0217. The first-order valence-corrected chi connectivity index (χ1v) is 12.8. The van der Waals surface area contributed by atoms with Gasteiger partial charge >= 0.3 is 18.0 Å². The van der Waals surface area contributed by atoms with Crippen LogP contribution in [0.25, 0.3) is 0 Å². The standard InChI is InChI=1S/C28H42N2O7/c1-6-8-9-10-11-12-24(31)36-19-17-30(21-25(32)35-18-7-2)26(33)23-15-13-22(14-16-23)20-29-27(34)37-28(3,4)5/h7,13-16H,2,6,8-12,17-21H2,1,3-5H3,(H,29,34). The molecule has 0 aliphatic carbocycles. The average Bonchev–Trinajstić information content (AvgIpc) is 2.84. The number of esters is 2. The van der Waals surface area contributed by atoms with Gasteiger partial charge in [0.1, 0.15) is 25.4 Å². The van der Waals surface area contributed by atoms with Crippen LogP contribution in [0.3, 0.4) is 0 Å². The molecule has 9 nitrogen and oxygen atoms in total. The van der Waals surface area contributed by atoms with Gasteiger partial charge in [0.15, 0.2) is 0 Å². The van der Waals surface area contributed by atoms with Gasteiger partial charge in [0.25, 0.3) is 5.91 Å². The molecule has 0 aliphatic heterocycles. The first kappa shape index (κ1) is 31.7. The van der Waals surface area contributed by atoms with E-state index in [1.165, 1.54) is 11.0 Å². The monoisotopic (exact) mass is 518 g/mol. The van der Waals surface area contributed by atoms with Gasteiger partial charge in [-0.05, 0) is 44.9 Å². The van der Waals surface area contributed by atoms with E-state index in [0.29, 0.717) is 12.0 Å². The number of nitrogens with one attached hydrogen (secondary N) is 1. The molecular formula is C28H42N2O7. The fourth-order valence-electron chi connectivity index (χ4n) is 3.26. The van der Waals surface area contributed by atoms with Crippen LogP contribution in [0, 0.1) is 0 Å². The van der Waals surface area contributed by atoms with Crippen LogP contribution >= 0.6 is 0 Å². The molecule has 0 saturated carbocycles. The lowest BCUT2D eigenvalue weighted by Gasteiger charge is -2.22. The smallest absolute Gasteiger partial charge is 0.407 e. The van der Waals surface area contributed by atoms with Crippen molar-refractivity contribution >= 4 is 23.9 Å². The van der Waals surface area contributed by atoms with Crippen molar-refractivity contribution < 1.29 is 33.4 Å². The van der Waals surface area contributed by atoms with Crippen molar-refractivity contribution in [3.05, 3.63) is 48.0 Å². The molecule has 1 aromatic rings. The number of nitrogens with zero attached hydrogens (tertiary/aromatic N) is 1. The van der Waals surface area contributed by atoms with Crippen molar-refractivity contribution in [1.82, 2.24) is 10.2 Å². The minimum Gasteiger partial charge on any atom is -0.464 e. The van der Waals surface area contributed by atoms with Crippen LogP contribution in [0.4, 0.5) is 4.79 Å². The molecule has 0 saturated heterocycles. The summed E-state index contributed by atoms with van der Waals surface area (Å²) in [7, 11) is 0. The van der Waals surface area contributed by atoms with Crippen molar-refractivity contribution in [1.29, 1.82) is 0 Å². The molecule has 9 heteroatoms. The largest absolute Gasteiger partial charge is 0.464 e. The highest BCUT2D eigenvalue weighted by Gasteiger charge is 2.21. The molecule has 1 rings (SSSR count). The Morgan fingerprint density at radius 1 is 0.973 bits per heavy atom. The first-order chi connectivity index (χ1) is 17.6. The summed E-state index contributed by atoms with van der Waals surface area (Å²) in [5, 5.41) is 2.66. The van der Waals surface area contributed by atoms with Gasteiger partial charge in [-0.1, -0.05) is 57.4 Å². The zero-order valence-electron chi connectivity index (χ0n) is 22.7. The number of hydrogen-bond acceptors (Lipinski definition) is 7. The van der Waals surface area contributed by atoms with Gasteiger partial charge in [-0.3, -0.25) is 14.4 Å². The summed E-state index contributed by atoms with van der Waals surface area (Å²) in [6, 6.07) is 6.63. The molecule has 0 radical (unpaired) electrons. The van der Waals surface area contributed by atoms with Gasteiger partial charge in [0.2, 0.25) is 0 Å². The second-order valence-electron chi connectivity index (χ2n) is 9.64. The highest BCUT2D eigenvalue weighted by atomic mass is 16.6. The van der Waals surface area contributed by atoms with Crippen LogP contribution in [0.15, 0.2) is 36.9 Å². The van der Waals surface area contributed by atoms with E-state index in [9.17, 15) is 19.2 Å². The summed E-state index contributed by atoms with van der Waals surface area (Å²) < 4.78 is 15.5. The Morgan fingerprint density at radius 2 is 1.65 bits per heavy atom. The highest BCUT2D eigenvalue weighted by Crippen LogP contribution is 2.11. The predicted molar refractivity (Wildman–Crippen MR) is 141 cm³/mol. The Labute approximate surface area is 220 Å². The molecule has 0 aromatic heterocycles. The van der Waals surface area contributed by atoms with Crippen LogP contribution in [-0.4, -0.2) is 60.7 Å². The lowest BCUT2D eigenvalue weighted by molar-refractivity contribution is -0.144. The fourth-order valence-corrected chi connectivity index (χ4v) is 3.26. The molecule has 0 spiro atoms. The van der Waals surface area contributed by atoms with Crippen molar-refractivity contribution in [2.45, 2.75) is 78.4 Å². The number of amides is 2. The second kappa shape index (κ2) is 17.2. The van der Waals surface area contributed by atoms with Gasteiger partial charge in [0.05, 0.1) is 6.54 Å². The summed E-state index contributed by atoms with van der Waals surface area (Å²) >= 11 is 0. The van der Waals surface area contributed by atoms with Gasteiger partial charge in [0, 0.05) is 18.5 Å². The summed E-state index contributed by atoms with van der Waals surface area (Å²) in [5.41, 5.74) is 0.520. The van der Waals surface area contributed by atoms with Gasteiger partial charge in [-0.2, -0.15) is 0 Å². The molecular weight excluding hydrogens is 476 g/mol. The van der Waals surface area contributed by atoms with E-state index in [0.717, 1.165) is 37.7 Å². The first-order valence-electron chi connectivity index (χ1n) is 12.8. The Kier molecular flexibility index (Phi) is 14.7. The Balaban J connectivity index is 2.69. The van der Waals surface area contributed by atoms with Crippen molar-refractivity contribution in [3.8, 4) is 0 Å². The number of carbonyl (C=O) groups is 4. The zero-order valence-corrected chi connectivity index (χ0v) is 22.7. The number of rotatable bonds is 16. The number of ether oxygens (including phenoxy) is 3. The number of hydrogen-bond donors (Lipinski definition) is 1. The number of unbranched alkanes of at least 4 members (excludes halogenated alkanes) is 4. The van der Waals surface area contributed by atoms with E-state index < -0.39 is 23.6 Å². The summed E-state index contributed by atoms with van der Waals surface area (Å²) in [6.45, 7) is 11.0. The molecule has 0 unspecified atom stereocenters. The molecule has 0 bridgehead atoms. The van der Waals surface area contributed by atoms with Gasteiger partial charge in [-0.25, -0.2) is 4.79 Å². The highest BCUT2D eigenvalue weighted by molar-refractivity contribution is 5.96. The molecule has 206 valence electrons. The third kappa shape index (κ3) is 14.7. The van der Waals surface area contributed by atoms with Crippen molar-refractivity contribution in [2.24, 2.45) is 0 Å². The fraction of sp³-hybridized carbons (Fsp3) is 0.571. The molecule has 0 aliphatic rings. The second-order valence-corrected chi connectivity index (χ2v) is 9.64. The van der Waals surface area contributed by atoms with E-state index in [-0.39, 0.29) is 38.8 Å². The van der Waals surface area contributed by atoms with E-state index in [2.05, 4.69) is 18.8 Å². The Morgan fingerprint density at radius 3 is 2.27 bits per heavy atom. The van der Waals surface area contributed by atoms with E-state index in [4.69, 9.17) is 14.2 Å². The van der Waals surface area contributed by atoms with E-state index in [1.807, 2.05) is 0 Å². The van der Waals surface area contributed by atoms with Crippen LogP contribution in [0.1, 0.15) is 82.1 Å². The summed E-state index contributed by atoms with van der Waals surface area (Å²) in [5.74, 6) is -1.31. The molecule has 0 fully saturated rings. The summed E-state index contributed by atoms with van der Waals surface area (Å²) in [6.07, 6.45) is 6.36. The maximum absolute atomic E-state index is 13.1. The van der Waals surface area contributed by atoms with Gasteiger partial charge < -0.3 is 24.4 Å². The molecule has 37 heavy (non-hydrogen) atoms. The number of alkyl carbamates (subject to hydrolysis) is 1.